The van der Waals surface area contributed by atoms with Crippen LogP contribution < -0.4 is 0 Å². The fraction of sp³-hybridized carbons (Fsp3) is 0.750. The zero-order valence-corrected chi connectivity index (χ0v) is 6.11. The molecule has 0 aliphatic rings. The highest BCUT2D eigenvalue weighted by molar-refractivity contribution is 9.07. The first kappa shape index (κ1) is 7.88. The number of hydrogen-bond donors (Lipinski definition) is 0. The van der Waals surface area contributed by atoms with Gasteiger partial charge in [-0.1, -0.05) is 6.92 Å². The van der Waals surface area contributed by atoms with E-state index in [2.05, 4.69) is 16.1 Å². The third-order valence-corrected chi connectivity index (χ3v) is 1.26. The van der Waals surface area contributed by atoms with Crippen LogP contribution in [0.2, 0.25) is 0 Å². The van der Waals surface area contributed by atoms with Crippen LogP contribution in [0.1, 0.15) is 13.3 Å². The molecule has 0 saturated heterocycles. The highest BCUT2D eigenvalue weighted by Gasteiger charge is 2.04. The number of carbonyl (C=O) groups excluding carboxylic acids is 1. The van der Waals surface area contributed by atoms with Gasteiger partial charge in [0.2, 0.25) is 5.91 Å². The molecular weight excluding hydrogens is 177 g/mol. The van der Waals surface area contributed by atoms with E-state index >= 15 is 0 Å². The molecule has 0 aliphatic heterocycles. The van der Waals surface area contributed by atoms with Gasteiger partial charge in [-0.25, -0.2) is 8.32 Å². The van der Waals surface area contributed by atoms with Crippen molar-refractivity contribution in [2.24, 2.45) is 0 Å². The minimum Gasteiger partial charge on any atom is -0.274 e. The maximum absolute atomic E-state index is 11.5. The summed E-state index contributed by atoms with van der Waals surface area (Å²) in [6.07, 6.45) is 0.329. The molecule has 2 nitrogen and oxygen atoms in total. The lowest BCUT2D eigenvalue weighted by molar-refractivity contribution is -0.126. The summed E-state index contributed by atoms with van der Waals surface area (Å²) in [7, 11) is 0. The summed E-state index contributed by atoms with van der Waals surface area (Å²) in [5.41, 5.74) is 0. The lowest BCUT2D eigenvalue weighted by atomic mass is 10.5. The topological polar surface area (TPSA) is 20.3 Å². The molecule has 0 bridgehead atoms. The first-order valence-electron chi connectivity index (χ1n) is 2.24. The minimum absolute atomic E-state index is 0.243. The second-order valence-corrected chi connectivity index (χ2v) is 2.09. The summed E-state index contributed by atoms with van der Waals surface area (Å²) in [6.45, 7) is 0.902. The summed E-state index contributed by atoms with van der Waals surface area (Å²) in [5.74, 6) is -0.243. The Kier molecular flexibility index (Phi) is 3.77. The molecule has 0 rings (SSSR count). The van der Waals surface area contributed by atoms with Gasteiger partial charge in [-0.2, -0.15) is 0 Å². The summed E-state index contributed by atoms with van der Waals surface area (Å²) in [6, 6.07) is 0. The molecule has 0 atom stereocenters. The summed E-state index contributed by atoms with van der Waals surface area (Å²) < 4.78 is 12.3. The van der Waals surface area contributed by atoms with Crippen molar-refractivity contribution in [3.8, 4) is 0 Å². The number of alkyl halides is 1. The lowest BCUT2D eigenvalue weighted by Crippen LogP contribution is -2.17. The van der Waals surface area contributed by atoms with Crippen LogP contribution in [-0.4, -0.2) is 16.6 Å². The number of halogens is 2. The predicted molar refractivity (Wildman–Crippen MR) is 32.0 cm³/mol. The van der Waals surface area contributed by atoms with Gasteiger partial charge in [0, 0.05) is 6.42 Å². The average molecular weight is 184 g/mol. The van der Waals surface area contributed by atoms with Gasteiger partial charge in [0.25, 0.3) is 0 Å². The fourth-order valence-electron chi connectivity index (χ4n) is 0.238. The Hall–Kier alpha value is -0.120. The molecule has 0 spiro atoms. The Morgan fingerprint density at radius 3 is 2.50 bits per heavy atom. The maximum atomic E-state index is 11.5. The van der Waals surface area contributed by atoms with Crippen LogP contribution in [0.25, 0.3) is 0 Å². The number of rotatable bonds is 2. The molecule has 0 aromatic heterocycles. The van der Waals surface area contributed by atoms with Gasteiger partial charge < -0.3 is 0 Å². The summed E-state index contributed by atoms with van der Waals surface area (Å²) in [5, 5.41) is 0. The maximum Gasteiger partial charge on any atom is 0.234 e. The van der Waals surface area contributed by atoms with E-state index in [-0.39, 0.29) is 5.91 Å². The molecule has 0 unspecified atom stereocenters. The van der Waals surface area contributed by atoms with Crippen molar-refractivity contribution in [3.05, 3.63) is 0 Å². The van der Waals surface area contributed by atoms with Crippen molar-refractivity contribution >= 4 is 22.1 Å². The Morgan fingerprint density at radius 2 is 2.38 bits per heavy atom. The van der Waals surface area contributed by atoms with Crippen LogP contribution in [0.15, 0.2) is 0 Å². The van der Waals surface area contributed by atoms with Gasteiger partial charge in [-0.3, -0.25) is 4.79 Å². The van der Waals surface area contributed by atoms with E-state index in [4.69, 9.17) is 0 Å². The van der Waals surface area contributed by atoms with E-state index in [1.807, 2.05) is 0 Å². The van der Waals surface area contributed by atoms with Gasteiger partial charge in [0.1, 0.15) is 0 Å². The molecular formula is C4H7BrFNO. The molecule has 0 saturated carbocycles. The largest absolute Gasteiger partial charge is 0.274 e. The van der Waals surface area contributed by atoms with Crippen molar-refractivity contribution < 1.29 is 9.18 Å². The Balaban J connectivity index is 3.46. The predicted octanol–water partition coefficient (Wildman–Crippen LogP) is 1.46. The third kappa shape index (κ3) is 2.26. The molecule has 0 N–H and O–H groups in total. The van der Waals surface area contributed by atoms with E-state index < -0.39 is 6.80 Å². The SMILES string of the molecule is CCC(=O)N(Br)CF. The van der Waals surface area contributed by atoms with Crippen LogP contribution in [0, 0.1) is 0 Å². The molecule has 0 fully saturated rings. The average Bonchev–Trinajstić information content (AvgIpc) is 1.84. The van der Waals surface area contributed by atoms with Crippen molar-refractivity contribution in [3.63, 3.8) is 0 Å². The van der Waals surface area contributed by atoms with Crippen molar-refractivity contribution in [1.82, 2.24) is 3.93 Å². The first-order chi connectivity index (χ1) is 3.72. The Bertz CT molecular complexity index is 88.1. The number of nitrogens with zero attached hydrogens (tertiary/aromatic N) is 1. The van der Waals surface area contributed by atoms with Gasteiger partial charge in [-0.15, -0.1) is 0 Å². The standard InChI is InChI=1S/C4H7BrFNO/c1-2-4(8)7(5)3-6/h2-3H2,1H3. The van der Waals surface area contributed by atoms with E-state index in [0.29, 0.717) is 6.42 Å². The highest BCUT2D eigenvalue weighted by Crippen LogP contribution is 1.99. The highest BCUT2D eigenvalue weighted by atomic mass is 79.9. The second kappa shape index (κ2) is 3.83. The molecule has 48 valence electrons. The molecule has 1 amide bonds. The van der Waals surface area contributed by atoms with Crippen LogP contribution >= 0.6 is 16.1 Å². The number of carbonyl (C=O) groups is 1. The van der Waals surface area contributed by atoms with Gasteiger partial charge in [0.05, 0.1) is 16.1 Å². The van der Waals surface area contributed by atoms with Crippen LogP contribution in [0.5, 0.6) is 0 Å². The lowest BCUT2D eigenvalue weighted by Gasteiger charge is -2.05. The van der Waals surface area contributed by atoms with Gasteiger partial charge in [-0.05, 0) is 0 Å². The normalized spacial score (nSPS) is 8.88. The second-order valence-electron chi connectivity index (χ2n) is 1.23. The quantitative estimate of drug-likeness (QED) is 0.469. The zero-order valence-electron chi connectivity index (χ0n) is 4.53. The molecule has 0 aliphatic carbocycles. The minimum atomic E-state index is -0.771. The van der Waals surface area contributed by atoms with Crippen molar-refractivity contribution in [2.75, 3.05) is 6.80 Å². The van der Waals surface area contributed by atoms with E-state index in [0.717, 1.165) is 3.93 Å². The van der Waals surface area contributed by atoms with Crippen LogP contribution in [0.3, 0.4) is 0 Å². The van der Waals surface area contributed by atoms with Crippen LogP contribution in [0.4, 0.5) is 4.39 Å². The smallest absolute Gasteiger partial charge is 0.234 e. The Morgan fingerprint density at radius 1 is 1.88 bits per heavy atom. The first-order valence-corrected chi connectivity index (χ1v) is 2.95. The van der Waals surface area contributed by atoms with E-state index in [1.54, 1.807) is 6.92 Å². The van der Waals surface area contributed by atoms with E-state index in [1.165, 1.54) is 0 Å². The third-order valence-electron chi connectivity index (χ3n) is 0.678. The van der Waals surface area contributed by atoms with Crippen LogP contribution in [-0.2, 0) is 4.79 Å². The number of hydrogen-bond acceptors (Lipinski definition) is 1. The monoisotopic (exact) mass is 183 g/mol. The summed E-state index contributed by atoms with van der Waals surface area (Å²) >= 11 is 2.71. The Labute approximate surface area is 56.0 Å². The van der Waals surface area contributed by atoms with Crippen molar-refractivity contribution in [2.45, 2.75) is 13.3 Å². The molecule has 0 radical (unpaired) electrons. The molecule has 0 aromatic rings. The molecule has 4 heteroatoms. The molecule has 0 aromatic carbocycles. The number of amides is 1. The van der Waals surface area contributed by atoms with Gasteiger partial charge in [0.15, 0.2) is 6.80 Å². The van der Waals surface area contributed by atoms with Gasteiger partial charge >= 0.3 is 0 Å². The molecule has 0 heterocycles. The van der Waals surface area contributed by atoms with Crippen molar-refractivity contribution in [1.29, 1.82) is 0 Å². The zero-order chi connectivity index (χ0) is 6.57. The van der Waals surface area contributed by atoms with E-state index in [9.17, 15) is 9.18 Å². The molecule has 8 heavy (non-hydrogen) atoms. The fourth-order valence-corrected chi connectivity index (χ4v) is 0.489. The summed E-state index contributed by atoms with van der Waals surface area (Å²) in [4.78, 5) is 10.4.